The third kappa shape index (κ3) is 3.34. The van der Waals surface area contributed by atoms with Gasteiger partial charge in [0.25, 0.3) is 0 Å². The first-order chi connectivity index (χ1) is 8.66. The van der Waals surface area contributed by atoms with E-state index in [0.717, 1.165) is 10.2 Å². The SMILES string of the molecule is Oc1c(Br)cc(Br)cc1/C=N/Nc1ccccc1. The van der Waals surface area contributed by atoms with E-state index in [2.05, 4.69) is 42.4 Å². The van der Waals surface area contributed by atoms with E-state index < -0.39 is 0 Å². The van der Waals surface area contributed by atoms with Crippen LogP contribution in [0.5, 0.6) is 5.75 Å². The van der Waals surface area contributed by atoms with Gasteiger partial charge in [-0.15, -0.1) is 0 Å². The highest BCUT2D eigenvalue weighted by molar-refractivity contribution is 9.11. The number of hydrogen-bond acceptors (Lipinski definition) is 3. The fraction of sp³-hybridized carbons (Fsp3) is 0. The molecular weight excluding hydrogens is 360 g/mol. The topological polar surface area (TPSA) is 44.6 Å². The monoisotopic (exact) mass is 368 g/mol. The molecule has 0 atom stereocenters. The Morgan fingerprint density at radius 1 is 1.11 bits per heavy atom. The lowest BCUT2D eigenvalue weighted by molar-refractivity contribution is 0.471. The number of halogens is 2. The Morgan fingerprint density at radius 3 is 2.56 bits per heavy atom. The van der Waals surface area contributed by atoms with E-state index in [0.29, 0.717) is 10.0 Å². The zero-order valence-electron chi connectivity index (χ0n) is 9.27. The average Bonchev–Trinajstić information content (AvgIpc) is 2.36. The summed E-state index contributed by atoms with van der Waals surface area (Å²) in [5.74, 6) is 0.164. The number of phenolic OH excluding ortho intramolecular Hbond substituents is 1. The molecule has 0 aliphatic heterocycles. The number of benzene rings is 2. The van der Waals surface area contributed by atoms with Gasteiger partial charge in [0, 0.05) is 10.0 Å². The fourth-order valence-corrected chi connectivity index (χ4v) is 2.63. The molecule has 0 aliphatic carbocycles. The molecule has 0 saturated heterocycles. The zero-order chi connectivity index (χ0) is 13.0. The lowest BCUT2D eigenvalue weighted by Crippen LogP contribution is -1.91. The lowest BCUT2D eigenvalue weighted by atomic mass is 10.2. The standard InChI is InChI=1S/C13H10Br2N2O/c14-10-6-9(13(18)12(15)7-10)8-16-17-11-4-2-1-3-5-11/h1-8,17-18H/b16-8+. The number of hydrazone groups is 1. The van der Waals surface area contributed by atoms with Crippen LogP contribution in [0.3, 0.4) is 0 Å². The smallest absolute Gasteiger partial charge is 0.138 e. The molecule has 0 aliphatic rings. The number of hydrogen-bond donors (Lipinski definition) is 2. The third-order valence-electron chi connectivity index (χ3n) is 2.23. The Bertz CT molecular complexity index is 571. The van der Waals surface area contributed by atoms with Crippen molar-refractivity contribution in [2.45, 2.75) is 0 Å². The number of para-hydroxylation sites is 1. The summed E-state index contributed by atoms with van der Waals surface area (Å²) in [7, 11) is 0. The normalized spacial score (nSPS) is 10.8. The maximum Gasteiger partial charge on any atom is 0.138 e. The van der Waals surface area contributed by atoms with Gasteiger partial charge in [0.15, 0.2) is 0 Å². The summed E-state index contributed by atoms with van der Waals surface area (Å²) in [4.78, 5) is 0. The Kier molecular flexibility index (Phi) is 4.38. The second-order valence-electron chi connectivity index (χ2n) is 3.56. The Labute approximate surface area is 122 Å². The molecule has 0 saturated carbocycles. The lowest BCUT2D eigenvalue weighted by Gasteiger charge is -2.03. The van der Waals surface area contributed by atoms with Crippen LogP contribution < -0.4 is 5.43 Å². The van der Waals surface area contributed by atoms with Gasteiger partial charge in [-0.25, -0.2) is 0 Å². The molecule has 0 bridgehead atoms. The summed E-state index contributed by atoms with van der Waals surface area (Å²) < 4.78 is 1.49. The molecule has 5 heteroatoms. The van der Waals surface area contributed by atoms with Crippen LogP contribution in [0, 0.1) is 0 Å². The van der Waals surface area contributed by atoms with E-state index in [1.165, 1.54) is 0 Å². The minimum Gasteiger partial charge on any atom is -0.506 e. The first kappa shape index (κ1) is 13.1. The van der Waals surface area contributed by atoms with Gasteiger partial charge in [-0.1, -0.05) is 34.1 Å². The number of aromatic hydroxyl groups is 1. The van der Waals surface area contributed by atoms with Crippen LogP contribution in [0.4, 0.5) is 5.69 Å². The highest BCUT2D eigenvalue weighted by atomic mass is 79.9. The van der Waals surface area contributed by atoms with E-state index in [4.69, 9.17) is 0 Å². The molecule has 0 unspecified atom stereocenters. The van der Waals surface area contributed by atoms with Crippen molar-refractivity contribution in [2.24, 2.45) is 5.10 Å². The predicted octanol–water partition coefficient (Wildman–Crippen LogP) is 4.36. The summed E-state index contributed by atoms with van der Waals surface area (Å²) in [5, 5.41) is 13.9. The highest BCUT2D eigenvalue weighted by Crippen LogP contribution is 2.30. The quantitative estimate of drug-likeness (QED) is 0.623. The minimum absolute atomic E-state index is 0.164. The maximum absolute atomic E-state index is 9.83. The van der Waals surface area contributed by atoms with E-state index in [9.17, 15) is 5.11 Å². The summed E-state index contributed by atoms with van der Waals surface area (Å²) in [5.41, 5.74) is 4.40. The van der Waals surface area contributed by atoms with Gasteiger partial charge < -0.3 is 5.11 Å². The van der Waals surface area contributed by atoms with Gasteiger partial charge >= 0.3 is 0 Å². The second kappa shape index (κ2) is 6.02. The van der Waals surface area contributed by atoms with Gasteiger partial charge in [0.05, 0.1) is 16.4 Å². The highest BCUT2D eigenvalue weighted by Gasteiger charge is 2.04. The summed E-state index contributed by atoms with van der Waals surface area (Å²) in [6.07, 6.45) is 1.57. The number of anilines is 1. The molecule has 3 nitrogen and oxygen atoms in total. The Balaban J connectivity index is 2.15. The minimum atomic E-state index is 0.164. The summed E-state index contributed by atoms with van der Waals surface area (Å²) in [6.45, 7) is 0. The zero-order valence-corrected chi connectivity index (χ0v) is 12.4. The number of nitrogens with one attached hydrogen (secondary N) is 1. The van der Waals surface area contributed by atoms with Gasteiger partial charge in [0.1, 0.15) is 5.75 Å². The molecule has 18 heavy (non-hydrogen) atoms. The van der Waals surface area contributed by atoms with Crippen molar-refractivity contribution < 1.29 is 5.11 Å². The molecule has 2 N–H and O–H groups in total. The summed E-state index contributed by atoms with van der Waals surface area (Å²) >= 11 is 6.63. The Morgan fingerprint density at radius 2 is 1.83 bits per heavy atom. The molecule has 0 radical (unpaired) electrons. The molecule has 92 valence electrons. The molecule has 2 aromatic carbocycles. The first-order valence-corrected chi connectivity index (χ1v) is 6.77. The van der Waals surface area contributed by atoms with E-state index in [1.54, 1.807) is 18.3 Å². The molecule has 0 fully saturated rings. The van der Waals surface area contributed by atoms with Crippen molar-refractivity contribution in [3.63, 3.8) is 0 Å². The van der Waals surface area contributed by atoms with Crippen molar-refractivity contribution in [3.8, 4) is 5.75 Å². The molecular formula is C13H10Br2N2O. The van der Waals surface area contributed by atoms with Crippen molar-refractivity contribution >= 4 is 43.8 Å². The van der Waals surface area contributed by atoms with Crippen LogP contribution in [0.2, 0.25) is 0 Å². The molecule has 2 rings (SSSR count). The van der Waals surface area contributed by atoms with Crippen LogP contribution in [-0.2, 0) is 0 Å². The fourth-order valence-electron chi connectivity index (χ4n) is 1.37. The second-order valence-corrected chi connectivity index (χ2v) is 5.33. The van der Waals surface area contributed by atoms with Gasteiger partial charge in [0.2, 0.25) is 0 Å². The molecule has 0 spiro atoms. The maximum atomic E-state index is 9.83. The molecule has 0 aromatic heterocycles. The van der Waals surface area contributed by atoms with Gasteiger partial charge in [-0.05, 0) is 40.2 Å². The number of phenols is 1. The van der Waals surface area contributed by atoms with Crippen molar-refractivity contribution in [3.05, 3.63) is 57.0 Å². The van der Waals surface area contributed by atoms with Crippen LogP contribution >= 0.6 is 31.9 Å². The van der Waals surface area contributed by atoms with E-state index in [1.807, 2.05) is 30.3 Å². The third-order valence-corrected chi connectivity index (χ3v) is 3.29. The number of nitrogens with zero attached hydrogens (tertiary/aromatic N) is 1. The van der Waals surface area contributed by atoms with Crippen molar-refractivity contribution in [1.82, 2.24) is 0 Å². The van der Waals surface area contributed by atoms with Crippen LogP contribution in [0.25, 0.3) is 0 Å². The van der Waals surface area contributed by atoms with Crippen molar-refractivity contribution in [2.75, 3.05) is 5.43 Å². The largest absolute Gasteiger partial charge is 0.506 e. The van der Waals surface area contributed by atoms with Gasteiger partial charge in [-0.3, -0.25) is 5.43 Å². The van der Waals surface area contributed by atoms with Gasteiger partial charge in [-0.2, -0.15) is 5.10 Å². The molecule has 0 heterocycles. The number of rotatable bonds is 3. The van der Waals surface area contributed by atoms with E-state index in [-0.39, 0.29) is 5.75 Å². The van der Waals surface area contributed by atoms with Crippen LogP contribution in [0.1, 0.15) is 5.56 Å². The first-order valence-electron chi connectivity index (χ1n) is 5.19. The Hall–Kier alpha value is -1.33. The van der Waals surface area contributed by atoms with Crippen LogP contribution in [0.15, 0.2) is 56.5 Å². The molecule has 0 amide bonds. The predicted molar refractivity (Wildman–Crippen MR) is 81.2 cm³/mol. The van der Waals surface area contributed by atoms with E-state index >= 15 is 0 Å². The summed E-state index contributed by atoms with van der Waals surface area (Å²) in [6, 6.07) is 13.2. The average molecular weight is 370 g/mol. The van der Waals surface area contributed by atoms with Crippen LogP contribution in [-0.4, -0.2) is 11.3 Å². The van der Waals surface area contributed by atoms with Crippen molar-refractivity contribution in [1.29, 1.82) is 0 Å². The molecule has 2 aromatic rings.